The molecule has 1 rings (SSSR count). The fourth-order valence-corrected chi connectivity index (χ4v) is 1.44. The molecule has 0 aromatic heterocycles. The monoisotopic (exact) mass is 293 g/mol. The van der Waals surface area contributed by atoms with Crippen molar-refractivity contribution in [3.8, 4) is 11.5 Å². The van der Waals surface area contributed by atoms with Crippen molar-refractivity contribution in [1.82, 2.24) is 0 Å². The molecule has 0 aliphatic heterocycles. The summed E-state index contributed by atoms with van der Waals surface area (Å²) in [4.78, 5) is 10.6. The summed E-state index contributed by atoms with van der Waals surface area (Å²) in [6.45, 7) is 0. The first-order chi connectivity index (χ1) is 6.06. The lowest BCUT2D eigenvalue weighted by molar-refractivity contribution is -0.271. The maximum atomic E-state index is 11.2. The van der Waals surface area contributed by atoms with E-state index < -0.39 is 5.97 Å². The van der Waals surface area contributed by atoms with E-state index in [1.807, 2.05) is 0 Å². The molecule has 0 radical (unpaired) electrons. The van der Waals surface area contributed by atoms with Gasteiger partial charge >= 0.3 is 5.97 Å². The van der Waals surface area contributed by atoms with Gasteiger partial charge in [-0.05, 0) is 34.7 Å². The second-order valence-electron chi connectivity index (χ2n) is 2.29. The van der Waals surface area contributed by atoms with E-state index in [0.717, 1.165) is 0 Å². The summed E-state index contributed by atoms with van der Waals surface area (Å²) in [5, 5.41) is 19.9. The summed E-state index contributed by atoms with van der Waals surface area (Å²) in [6, 6.07) is 2.53. The molecule has 0 amide bonds. The minimum atomic E-state index is -1.07. The second kappa shape index (κ2) is 3.82. The number of carbonyl (C=O) groups is 1. The largest absolute Gasteiger partial charge is 0.869 e. The van der Waals surface area contributed by atoms with Crippen LogP contribution in [0.2, 0.25) is 0 Å². The van der Waals surface area contributed by atoms with Gasteiger partial charge in [-0.1, -0.05) is 5.75 Å². The lowest BCUT2D eigenvalue weighted by atomic mass is 10.2. The van der Waals surface area contributed by atoms with Crippen LogP contribution < -0.4 is 9.84 Å². The molecular weight excluding hydrogens is 287 g/mol. The molecule has 1 aromatic rings. The normalized spacial score (nSPS) is 9.69. The van der Waals surface area contributed by atoms with Gasteiger partial charge in [0.2, 0.25) is 0 Å². The Morgan fingerprint density at radius 1 is 1.62 bits per heavy atom. The van der Waals surface area contributed by atoms with Crippen LogP contribution in [-0.2, 0) is 0 Å². The van der Waals surface area contributed by atoms with Crippen molar-refractivity contribution >= 4 is 28.6 Å². The SMILES string of the molecule is COc1cc(C(=O)O)cc(I)c1[O-]. The van der Waals surface area contributed by atoms with Gasteiger partial charge in [-0.2, -0.15) is 0 Å². The van der Waals surface area contributed by atoms with E-state index in [9.17, 15) is 9.90 Å². The van der Waals surface area contributed by atoms with Crippen molar-refractivity contribution in [3.05, 3.63) is 21.3 Å². The van der Waals surface area contributed by atoms with E-state index in [1.165, 1.54) is 19.2 Å². The highest BCUT2D eigenvalue weighted by Gasteiger charge is 2.07. The van der Waals surface area contributed by atoms with Gasteiger partial charge in [-0.3, -0.25) is 0 Å². The van der Waals surface area contributed by atoms with Crippen LogP contribution in [0.3, 0.4) is 0 Å². The van der Waals surface area contributed by atoms with Crippen LogP contribution in [0.5, 0.6) is 11.5 Å². The first-order valence-electron chi connectivity index (χ1n) is 3.34. The number of hydrogen-bond acceptors (Lipinski definition) is 3. The minimum absolute atomic E-state index is 0.0563. The van der Waals surface area contributed by atoms with E-state index in [-0.39, 0.29) is 17.1 Å². The van der Waals surface area contributed by atoms with Gasteiger partial charge in [0.05, 0.1) is 12.7 Å². The van der Waals surface area contributed by atoms with Gasteiger partial charge in [-0.15, -0.1) is 0 Å². The number of methoxy groups -OCH3 is 1. The molecule has 0 bridgehead atoms. The van der Waals surface area contributed by atoms with Crippen molar-refractivity contribution < 1.29 is 19.7 Å². The van der Waals surface area contributed by atoms with Gasteiger partial charge in [0.1, 0.15) is 5.75 Å². The molecule has 0 spiro atoms. The average molecular weight is 293 g/mol. The molecule has 0 unspecified atom stereocenters. The third kappa shape index (κ3) is 2.03. The quantitative estimate of drug-likeness (QED) is 0.828. The summed E-state index contributed by atoms with van der Waals surface area (Å²) >= 11 is 1.78. The van der Waals surface area contributed by atoms with Crippen molar-refractivity contribution in [2.45, 2.75) is 0 Å². The number of ether oxygens (including phenoxy) is 1. The van der Waals surface area contributed by atoms with Gasteiger partial charge < -0.3 is 14.9 Å². The summed E-state index contributed by atoms with van der Waals surface area (Å²) in [5.41, 5.74) is 0.0563. The number of benzene rings is 1. The lowest BCUT2D eigenvalue weighted by Crippen LogP contribution is -2.03. The molecule has 1 N–H and O–H groups in total. The Morgan fingerprint density at radius 3 is 2.69 bits per heavy atom. The van der Waals surface area contributed by atoms with Crippen molar-refractivity contribution in [2.24, 2.45) is 0 Å². The number of hydrogen-bond donors (Lipinski definition) is 1. The van der Waals surface area contributed by atoms with Crippen LogP contribution in [0, 0.1) is 3.57 Å². The van der Waals surface area contributed by atoms with Crippen LogP contribution >= 0.6 is 22.6 Å². The highest BCUT2D eigenvalue weighted by molar-refractivity contribution is 14.1. The molecular formula is C8H6IO4-. The number of rotatable bonds is 2. The predicted octanol–water partition coefficient (Wildman–Crippen LogP) is 1.07. The molecule has 0 aliphatic carbocycles. The molecule has 0 heterocycles. The molecule has 5 heteroatoms. The first kappa shape index (κ1) is 10.1. The van der Waals surface area contributed by atoms with Crippen LogP contribution in [0.1, 0.15) is 10.4 Å². The Kier molecular flexibility index (Phi) is 2.97. The van der Waals surface area contributed by atoms with Crippen molar-refractivity contribution in [2.75, 3.05) is 7.11 Å². The third-order valence-electron chi connectivity index (χ3n) is 1.48. The zero-order valence-electron chi connectivity index (χ0n) is 6.70. The number of carboxylic acids is 1. The lowest BCUT2D eigenvalue weighted by Gasteiger charge is -2.14. The molecule has 4 nitrogen and oxygen atoms in total. The Hall–Kier alpha value is -0.980. The van der Waals surface area contributed by atoms with Crippen LogP contribution in [0.15, 0.2) is 12.1 Å². The molecule has 0 fully saturated rings. The van der Waals surface area contributed by atoms with Crippen LogP contribution in [0.4, 0.5) is 0 Å². The Balaban J connectivity index is 3.30. The summed E-state index contributed by atoms with van der Waals surface area (Å²) < 4.78 is 5.08. The highest BCUT2D eigenvalue weighted by Crippen LogP contribution is 2.29. The van der Waals surface area contributed by atoms with Gasteiger partial charge in [0, 0.05) is 3.57 Å². The van der Waals surface area contributed by atoms with E-state index in [4.69, 9.17) is 9.84 Å². The number of aromatic carboxylic acids is 1. The Morgan fingerprint density at radius 2 is 2.23 bits per heavy atom. The average Bonchev–Trinajstić information content (AvgIpc) is 2.09. The molecule has 70 valence electrons. The Labute approximate surface area is 88.3 Å². The highest BCUT2D eigenvalue weighted by atomic mass is 127. The zero-order valence-corrected chi connectivity index (χ0v) is 8.86. The first-order valence-corrected chi connectivity index (χ1v) is 4.42. The standard InChI is InChI=1S/C8H7IO4/c1-13-6-3-4(8(11)12)2-5(9)7(6)10/h2-3,10H,1H3,(H,11,12)/p-1. The maximum Gasteiger partial charge on any atom is 0.335 e. The molecule has 0 aliphatic rings. The number of carboxylic acid groups (broad SMARTS) is 1. The second-order valence-corrected chi connectivity index (χ2v) is 3.46. The molecule has 0 saturated carbocycles. The van der Waals surface area contributed by atoms with E-state index in [1.54, 1.807) is 22.6 Å². The number of halogens is 1. The third-order valence-corrected chi connectivity index (χ3v) is 2.28. The van der Waals surface area contributed by atoms with Crippen molar-refractivity contribution in [3.63, 3.8) is 0 Å². The fourth-order valence-electron chi connectivity index (χ4n) is 0.843. The van der Waals surface area contributed by atoms with Crippen LogP contribution in [-0.4, -0.2) is 18.2 Å². The summed E-state index contributed by atoms with van der Waals surface area (Å²) in [6.07, 6.45) is 0. The minimum Gasteiger partial charge on any atom is -0.869 e. The fraction of sp³-hybridized carbons (Fsp3) is 0.125. The van der Waals surface area contributed by atoms with E-state index >= 15 is 0 Å². The van der Waals surface area contributed by atoms with E-state index in [0.29, 0.717) is 3.57 Å². The van der Waals surface area contributed by atoms with Crippen LogP contribution in [0.25, 0.3) is 0 Å². The Bertz CT molecular complexity index is 348. The topological polar surface area (TPSA) is 69.6 Å². The predicted molar refractivity (Wildman–Crippen MR) is 52.1 cm³/mol. The smallest absolute Gasteiger partial charge is 0.335 e. The zero-order chi connectivity index (χ0) is 10.0. The summed E-state index contributed by atoms with van der Waals surface area (Å²) in [7, 11) is 1.33. The molecule has 0 atom stereocenters. The van der Waals surface area contributed by atoms with E-state index in [2.05, 4.69) is 0 Å². The summed E-state index contributed by atoms with van der Waals surface area (Å²) in [5.74, 6) is -1.30. The van der Waals surface area contributed by atoms with Gasteiger partial charge in [0.25, 0.3) is 0 Å². The van der Waals surface area contributed by atoms with Gasteiger partial charge in [0.15, 0.2) is 0 Å². The molecule has 13 heavy (non-hydrogen) atoms. The van der Waals surface area contributed by atoms with Gasteiger partial charge in [-0.25, -0.2) is 4.79 Å². The maximum absolute atomic E-state index is 11.2. The molecule has 0 saturated heterocycles. The molecule has 1 aromatic carbocycles. The van der Waals surface area contributed by atoms with Crippen molar-refractivity contribution in [1.29, 1.82) is 0 Å².